The lowest BCUT2D eigenvalue weighted by Gasteiger charge is -2.16. The van der Waals surface area contributed by atoms with Crippen LogP contribution < -0.4 is 5.32 Å². The minimum absolute atomic E-state index is 0.00377. The number of Topliss-reactive ketones (excluding diaryl/α,β-unsaturated/α-hetero) is 1. The average Bonchev–Trinajstić information content (AvgIpc) is 2.97. The molecule has 0 saturated carbocycles. The molecule has 0 spiro atoms. The molecule has 1 heterocycles. The molecule has 1 aliphatic rings. The Hall–Kier alpha value is -2.95. The van der Waals surface area contributed by atoms with Crippen LogP contribution in [-0.2, 0) is 16.1 Å². The molecule has 0 aliphatic carbocycles. The molecule has 1 fully saturated rings. The Morgan fingerprint density at radius 3 is 2.40 bits per heavy atom. The average molecular weight is 336 g/mol. The second kappa shape index (κ2) is 7.30. The predicted molar refractivity (Wildman–Crippen MR) is 95.0 cm³/mol. The molecule has 0 bridgehead atoms. The van der Waals surface area contributed by atoms with E-state index in [0.717, 1.165) is 5.56 Å². The van der Waals surface area contributed by atoms with E-state index in [-0.39, 0.29) is 29.9 Å². The van der Waals surface area contributed by atoms with Crippen LogP contribution in [0.25, 0.3) is 0 Å². The zero-order valence-corrected chi connectivity index (χ0v) is 14.1. The summed E-state index contributed by atoms with van der Waals surface area (Å²) in [6.45, 7) is 2.45. The smallest absolute Gasteiger partial charge is 0.229 e. The van der Waals surface area contributed by atoms with E-state index in [1.165, 1.54) is 6.92 Å². The van der Waals surface area contributed by atoms with Crippen molar-refractivity contribution in [3.05, 3.63) is 65.7 Å². The maximum Gasteiger partial charge on any atom is 0.229 e. The van der Waals surface area contributed by atoms with E-state index in [9.17, 15) is 14.4 Å². The van der Waals surface area contributed by atoms with Crippen LogP contribution >= 0.6 is 0 Å². The summed E-state index contributed by atoms with van der Waals surface area (Å²) in [5.74, 6) is -0.546. The highest BCUT2D eigenvalue weighted by molar-refractivity contribution is 5.98. The van der Waals surface area contributed by atoms with Crippen LogP contribution in [0.2, 0.25) is 0 Å². The molecule has 3 rings (SSSR count). The van der Waals surface area contributed by atoms with Crippen LogP contribution in [0, 0.1) is 5.92 Å². The molecule has 0 radical (unpaired) electrons. The van der Waals surface area contributed by atoms with Crippen LogP contribution in [0.1, 0.15) is 29.3 Å². The number of hydrogen-bond donors (Lipinski definition) is 1. The van der Waals surface area contributed by atoms with Crippen LogP contribution in [0.5, 0.6) is 0 Å². The standard InChI is InChI=1S/C20H20N2O3/c1-14(23)16-7-9-18(10-8-16)21-20(25)17-11-19(24)22(13-17)12-15-5-3-2-4-6-15/h2-10,17H,11-13H2,1H3,(H,21,25)/t17-/m0/s1. The molecular formula is C20H20N2O3. The van der Waals surface area contributed by atoms with Crippen LogP contribution in [0.4, 0.5) is 5.69 Å². The second-order valence-corrected chi connectivity index (χ2v) is 6.28. The third-order valence-corrected chi connectivity index (χ3v) is 4.36. The Kier molecular flexibility index (Phi) is 4.93. The van der Waals surface area contributed by atoms with E-state index in [0.29, 0.717) is 24.3 Å². The van der Waals surface area contributed by atoms with Crippen molar-refractivity contribution in [1.82, 2.24) is 4.90 Å². The summed E-state index contributed by atoms with van der Waals surface area (Å²) in [6, 6.07) is 16.5. The van der Waals surface area contributed by atoms with E-state index < -0.39 is 0 Å². The summed E-state index contributed by atoms with van der Waals surface area (Å²) in [5, 5.41) is 2.83. The summed E-state index contributed by atoms with van der Waals surface area (Å²) in [7, 11) is 0. The molecule has 0 unspecified atom stereocenters. The molecule has 5 nitrogen and oxygen atoms in total. The van der Waals surface area contributed by atoms with Crippen molar-refractivity contribution in [3.63, 3.8) is 0 Å². The lowest BCUT2D eigenvalue weighted by Crippen LogP contribution is -2.28. The molecule has 1 saturated heterocycles. The minimum Gasteiger partial charge on any atom is -0.338 e. The highest BCUT2D eigenvalue weighted by atomic mass is 16.2. The molecule has 1 atom stereocenters. The van der Waals surface area contributed by atoms with Crippen molar-refractivity contribution in [2.75, 3.05) is 11.9 Å². The Morgan fingerprint density at radius 1 is 1.08 bits per heavy atom. The summed E-state index contributed by atoms with van der Waals surface area (Å²) >= 11 is 0. The van der Waals surface area contributed by atoms with Gasteiger partial charge in [-0.05, 0) is 36.8 Å². The number of carbonyl (C=O) groups is 3. The largest absolute Gasteiger partial charge is 0.338 e. The molecule has 2 amide bonds. The van der Waals surface area contributed by atoms with Crippen LogP contribution in [0.15, 0.2) is 54.6 Å². The lowest BCUT2D eigenvalue weighted by molar-refractivity contribution is -0.128. The van der Waals surface area contributed by atoms with Gasteiger partial charge in [0.1, 0.15) is 0 Å². The van der Waals surface area contributed by atoms with Gasteiger partial charge in [-0.2, -0.15) is 0 Å². The summed E-state index contributed by atoms with van der Waals surface area (Å²) in [5.41, 5.74) is 2.28. The third-order valence-electron chi connectivity index (χ3n) is 4.36. The van der Waals surface area contributed by atoms with Gasteiger partial charge in [0.25, 0.3) is 0 Å². The SMILES string of the molecule is CC(=O)c1ccc(NC(=O)[C@H]2CC(=O)N(Cc3ccccc3)C2)cc1. The van der Waals surface area contributed by atoms with Gasteiger partial charge < -0.3 is 10.2 Å². The van der Waals surface area contributed by atoms with Gasteiger partial charge in [-0.15, -0.1) is 0 Å². The van der Waals surface area contributed by atoms with E-state index in [2.05, 4.69) is 5.32 Å². The molecule has 1 aliphatic heterocycles. The molecular weight excluding hydrogens is 316 g/mol. The van der Waals surface area contributed by atoms with Gasteiger partial charge in [0.2, 0.25) is 11.8 Å². The van der Waals surface area contributed by atoms with Gasteiger partial charge in [0.15, 0.2) is 5.78 Å². The van der Waals surface area contributed by atoms with Crippen molar-refractivity contribution < 1.29 is 14.4 Å². The molecule has 25 heavy (non-hydrogen) atoms. The van der Waals surface area contributed by atoms with Crippen molar-refractivity contribution in [1.29, 1.82) is 0 Å². The number of nitrogens with one attached hydrogen (secondary N) is 1. The third kappa shape index (κ3) is 4.12. The first-order chi connectivity index (χ1) is 12.0. The fourth-order valence-corrected chi connectivity index (χ4v) is 2.94. The number of hydrogen-bond acceptors (Lipinski definition) is 3. The Balaban J connectivity index is 1.59. The number of benzene rings is 2. The van der Waals surface area contributed by atoms with Gasteiger partial charge in [0, 0.05) is 30.8 Å². The van der Waals surface area contributed by atoms with Gasteiger partial charge in [-0.3, -0.25) is 14.4 Å². The number of rotatable bonds is 5. The first-order valence-corrected chi connectivity index (χ1v) is 8.26. The van der Waals surface area contributed by atoms with Crippen LogP contribution in [-0.4, -0.2) is 29.0 Å². The Bertz CT molecular complexity index is 784. The van der Waals surface area contributed by atoms with E-state index >= 15 is 0 Å². The van der Waals surface area contributed by atoms with Crippen molar-refractivity contribution >= 4 is 23.3 Å². The normalized spacial score (nSPS) is 16.8. The minimum atomic E-state index is -0.358. The Labute approximate surface area is 146 Å². The summed E-state index contributed by atoms with van der Waals surface area (Å²) in [6.07, 6.45) is 0.226. The number of nitrogens with zero attached hydrogens (tertiary/aromatic N) is 1. The molecule has 2 aromatic carbocycles. The van der Waals surface area contributed by atoms with Crippen LogP contribution in [0.3, 0.4) is 0 Å². The lowest BCUT2D eigenvalue weighted by atomic mass is 10.1. The summed E-state index contributed by atoms with van der Waals surface area (Å²) in [4.78, 5) is 37.6. The fourth-order valence-electron chi connectivity index (χ4n) is 2.94. The predicted octanol–water partition coefficient (Wildman–Crippen LogP) is 2.88. The first-order valence-electron chi connectivity index (χ1n) is 8.26. The number of anilines is 1. The Morgan fingerprint density at radius 2 is 1.76 bits per heavy atom. The van der Waals surface area contributed by atoms with Gasteiger partial charge in [-0.1, -0.05) is 30.3 Å². The fraction of sp³-hybridized carbons (Fsp3) is 0.250. The second-order valence-electron chi connectivity index (χ2n) is 6.28. The van der Waals surface area contributed by atoms with E-state index in [4.69, 9.17) is 0 Å². The maximum absolute atomic E-state index is 12.4. The molecule has 128 valence electrons. The molecule has 5 heteroatoms. The summed E-state index contributed by atoms with van der Waals surface area (Å²) < 4.78 is 0. The van der Waals surface area contributed by atoms with E-state index in [1.807, 2.05) is 30.3 Å². The van der Waals surface area contributed by atoms with Crippen molar-refractivity contribution in [2.24, 2.45) is 5.92 Å². The van der Waals surface area contributed by atoms with Crippen molar-refractivity contribution in [3.8, 4) is 0 Å². The topological polar surface area (TPSA) is 66.5 Å². The zero-order valence-electron chi connectivity index (χ0n) is 14.1. The number of amides is 2. The maximum atomic E-state index is 12.4. The van der Waals surface area contributed by atoms with Gasteiger partial charge in [-0.25, -0.2) is 0 Å². The molecule has 0 aromatic heterocycles. The monoisotopic (exact) mass is 336 g/mol. The number of ketones is 1. The quantitative estimate of drug-likeness (QED) is 0.854. The zero-order chi connectivity index (χ0) is 17.8. The van der Waals surface area contributed by atoms with Gasteiger partial charge in [0.05, 0.1) is 5.92 Å². The highest BCUT2D eigenvalue weighted by Gasteiger charge is 2.34. The first kappa shape index (κ1) is 16.9. The molecule has 1 N–H and O–H groups in total. The van der Waals surface area contributed by atoms with Gasteiger partial charge >= 0.3 is 0 Å². The number of likely N-dealkylation sites (tertiary alicyclic amines) is 1. The highest BCUT2D eigenvalue weighted by Crippen LogP contribution is 2.22. The number of carbonyl (C=O) groups excluding carboxylic acids is 3. The molecule has 2 aromatic rings. The van der Waals surface area contributed by atoms with Crippen molar-refractivity contribution in [2.45, 2.75) is 19.9 Å². The van der Waals surface area contributed by atoms with E-state index in [1.54, 1.807) is 29.2 Å².